The van der Waals surface area contributed by atoms with Gasteiger partial charge in [0.05, 0.1) is 6.54 Å². The van der Waals surface area contributed by atoms with E-state index in [0.29, 0.717) is 0 Å². The molecule has 0 aliphatic carbocycles. The second-order valence-corrected chi connectivity index (χ2v) is 5.37. The van der Waals surface area contributed by atoms with Gasteiger partial charge in [-0.15, -0.1) is 5.10 Å². The second kappa shape index (κ2) is 5.60. The van der Waals surface area contributed by atoms with Crippen LogP contribution in [0.4, 0.5) is 0 Å². The molecular weight excluding hydrogens is 298 g/mol. The average molecular weight is 312 g/mol. The van der Waals surface area contributed by atoms with E-state index in [1.165, 1.54) is 5.56 Å². The first-order valence-electron chi connectivity index (χ1n) is 5.27. The number of amidine groups is 1. The van der Waals surface area contributed by atoms with Crippen molar-refractivity contribution in [3.8, 4) is 0 Å². The Bertz CT molecular complexity index is 471. The Labute approximate surface area is 114 Å². The molecule has 1 aromatic carbocycles. The molecular formula is C12H14BrN3S. The van der Waals surface area contributed by atoms with Crippen molar-refractivity contribution < 1.29 is 0 Å². The monoisotopic (exact) mass is 311 g/mol. The SMILES string of the molecule is CSC1=NNC(C)=CN1Cc1ccccc1Br. The number of thioether (sulfide) groups is 1. The van der Waals surface area contributed by atoms with Gasteiger partial charge in [-0.1, -0.05) is 45.9 Å². The van der Waals surface area contributed by atoms with Crippen molar-refractivity contribution in [1.29, 1.82) is 0 Å². The molecule has 0 unspecified atom stereocenters. The number of hydrogen-bond donors (Lipinski definition) is 1. The zero-order valence-electron chi connectivity index (χ0n) is 9.77. The molecule has 0 fully saturated rings. The lowest BCUT2D eigenvalue weighted by Gasteiger charge is -2.25. The maximum Gasteiger partial charge on any atom is 0.187 e. The van der Waals surface area contributed by atoms with Gasteiger partial charge < -0.3 is 4.90 Å². The third kappa shape index (κ3) is 3.04. The standard InChI is InChI=1S/C12H14BrN3S/c1-9-7-16(12(17-2)15-14-9)8-10-5-3-4-6-11(10)13/h3-7,14H,8H2,1-2H3. The molecule has 1 N–H and O–H groups in total. The molecule has 90 valence electrons. The zero-order valence-corrected chi connectivity index (χ0v) is 12.2. The van der Waals surface area contributed by atoms with Crippen LogP contribution in [0, 0.1) is 0 Å². The van der Waals surface area contributed by atoms with Crippen molar-refractivity contribution in [3.63, 3.8) is 0 Å². The Morgan fingerprint density at radius 2 is 2.18 bits per heavy atom. The number of benzene rings is 1. The molecule has 5 heteroatoms. The van der Waals surface area contributed by atoms with Gasteiger partial charge in [0.1, 0.15) is 0 Å². The highest BCUT2D eigenvalue weighted by atomic mass is 79.9. The number of hydrazone groups is 1. The lowest BCUT2D eigenvalue weighted by Crippen LogP contribution is -2.30. The highest BCUT2D eigenvalue weighted by Crippen LogP contribution is 2.21. The summed E-state index contributed by atoms with van der Waals surface area (Å²) in [5.74, 6) is 0. The van der Waals surface area contributed by atoms with E-state index < -0.39 is 0 Å². The van der Waals surface area contributed by atoms with Crippen LogP contribution in [-0.2, 0) is 6.54 Å². The van der Waals surface area contributed by atoms with Crippen LogP contribution in [0.3, 0.4) is 0 Å². The van der Waals surface area contributed by atoms with Crippen LogP contribution < -0.4 is 5.43 Å². The van der Waals surface area contributed by atoms with Gasteiger partial charge in [-0.3, -0.25) is 5.43 Å². The predicted molar refractivity (Wildman–Crippen MR) is 77.5 cm³/mol. The number of nitrogens with one attached hydrogen (secondary N) is 1. The molecule has 0 aromatic heterocycles. The molecule has 0 saturated heterocycles. The van der Waals surface area contributed by atoms with Gasteiger partial charge in [-0.05, 0) is 24.8 Å². The van der Waals surface area contributed by atoms with E-state index in [1.54, 1.807) is 11.8 Å². The van der Waals surface area contributed by atoms with E-state index in [4.69, 9.17) is 0 Å². The lowest BCUT2D eigenvalue weighted by molar-refractivity contribution is 0.530. The minimum atomic E-state index is 0.820. The van der Waals surface area contributed by atoms with E-state index in [0.717, 1.165) is 21.9 Å². The van der Waals surface area contributed by atoms with Crippen molar-refractivity contribution in [3.05, 3.63) is 46.2 Å². The molecule has 2 rings (SSSR count). The normalized spacial score (nSPS) is 15.1. The summed E-state index contributed by atoms with van der Waals surface area (Å²) < 4.78 is 1.13. The molecule has 0 radical (unpaired) electrons. The van der Waals surface area contributed by atoms with E-state index >= 15 is 0 Å². The number of allylic oxidation sites excluding steroid dienone is 1. The van der Waals surface area contributed by atoms with Crippen LogP contribution in [0.5, 0.6) is 0 Å². The van der Waals surface area contributed by atoms with E-state index in [2.05, 4.69) is 55.8 Å². The maximum absolute atomic E-state index is 4.31. The van der Waals surface area contributed by atoms with Crippen LogP contribution in [0.1, 0.15) is 12.5 Å². The van der Waals surface area contributed by atoms with Gasteiger partial charge in [0.15, 0.2) is 5.17 Å². The molecule has 0 atom stereocenters. The largest absolute Gasteiger partial charge is 0.320 e. The van der Waals surface area contributed by atoms with Crippen LogP contribution in [0.2, 0.25) is 0 Å². The average Bonchev–Trinajstić information content (AvgIpc) is 2.32. The Morgan fingerprint density at radius 1 is 1.41 bits per heavy atom. The van der Waals surface area contributed by atoms with Crippen LogP contribution in [0.15, 0.2) is 45.7 Å². The van der Waals surface area contributed by atoms with Gasteiger partial charge in [0.2, 0.25) is 0 Å². The first-order valence-corrected chi connectivity index (χ1v) is 7.28. The van der Waals surface area contributed by atoms with Crippen molar-refractivity contribution in [2.75, 3.05) is 6.26 Å². The fraction of sp³-hybridized carbons (Fsp3) is 0.250. The molecule has 1 aromatic rings. The minimum Gasteiger partial charge on any atom is -0.320 e. The molecule has 0 bridgehead atoms. The number of hydrogen-bond acceptors (Lipinski definition) is 4. The van der Waals surface area contributed by atoms with Gasteiger partial charge in [-0.2, -0.15) is 0 Å². The highest BCUT2D eigenvalue weighted by molar-refractivity contribution is 9.10. The predicted octanol–water partition coefficient (Wildman–Crippen LogP) is 3.35. The summed E-state index contributed by atoms with van der Waals surface area (Å²) in [6.45, 7) is 2.83. The first-order chi connectivity index (χ1) is 8.20. The summed E-state index contributed by atoms with van der Waals surface area (Å²) in [6.07, 6.45) is 4.11. The summed E-state index contributed by atoms with van der Waals surface area (Å²) in [4.78, 5) is 2.15. The zero-order chi connectivity index (χ0) is 12.3. The van der Waals surface area contributed by atoms with E-state index in [9.17, 15) is 0 Å². The molecule has 0 spiro atoms. The quantitative estimate of drug-likeness (QED) is 0.907. The fourth-order valence-electron chi connectivity index (χ4n) is 1.60. The topological polar surface area (TPSA) is 27.6 Å². The molecule has 1 aliphatic rings. The van der Waals surface area contributed by atoms with Crippen molar-refractivity contribution >= 4 is 32.9 Å². The summed E-state index contributed by atoms with van der Waals surface area (Å²) >= 11 is 5.20. The van der Waals surface area contributed by atoms with E-state index in [1.807, 2.05) is 19.2 Å². The Morgan fingerprint density at radius 3 is 2.88 bits per heavy atom. The van der Waals surface area contributed by atoms with Crippen LogP contribution >= 0.6 is 27.7 Å². The number of halogens is 1. The van der Waals surface area contributed by atoms with Crippen molar-refractivity contribution in [2.45, 2.75) is 13.5 Å². The molecule has 1 heterocycles. The van der Waals surface area contributed by atoms with Crippen LogP contribution in [-0.4, -0.2) is 16.3 Å². The molecule has 17 heavy (non-hydrogen) atoms. The lowest BCUT2D eigenvalue weighted by atomic mass is 10.2. The third-order valence-electron chi connectivity index (χ3n) is 2.40. The minimum absolute atomic E-state index is 0.820. The molecule has 1 aliphatic heterocycles. The summed E-state index contributed by atoms with van der Waals surface area (Å²) in [5.41, 5.74) is 5.29. The number of nitrogens with zero attached hydrogens (tertiary/aromatic N) is 2. The van der Waals surface area contributed by atoms with Gasteiger partial charge in [-0.25, -0.2) is 0 Å². The summed E-state index contributed by atoms with van der Waals surface area (Å²) in [7, 11) is 0. The van der Waals surface area contributed by atoms with Gasteiger partial charge in [0, 0.05) is 16.4 Å². The smallest absolute Gasteiger partial charge is 0.187 e. The maximum atomic E-state index is 4.31. The van der Waals surface area contributed by atoms with Crippen LogP contribution in [0.25, 0.3) is 0 Å². The third-order valence-corrected chi connectivity index (χ3v) is 3.87. The van der Waals surface area contributed by atoms with Crippen molar-refractivity contribution in [1.82, 2.24) is 10.3 Å². The van der Waals surface area contributed by atoms with Gasteiger partial charge >= 0.3 is 0 Å². The highest BCUT2D eigenvalue weighted by Gasteiger charge is 2.14. The fourth-order valence-corrected chi connectivity index (χ4v) is 2.50. The second-order valence-electron chi connectivity index (χ2n) is 3.74. The molecule has 0 amide bonds. The van der Waals surface area contributed by atoms with Gasteiger partial charge in [0.25, 0.3) is 0 Å². The Kier molecular flexibility index (Phi) is 4.12. The molecule has 3 nitrogen and oxygen atoms in total. The summed E-state index contributed by atoms with van der Waals surface area (Å²) in [5, 5.41) is 5.29. The van der Waals surface area contributed by atoms with E-state index in [-0.39, 0.29) is 0 Å². The number of rotatable bonds is 2. The Balaban J connectivity index is 2.20. The molecule has 0 saturated carbocycles. The van der Waals surface area contributed by atoms with Crippen molar-refractivity contribution in [2.24, 2.45) is 5.10 Å². The Hall–Kier alpha value is -0.940. The summed E-state index contributed by atoms with van der Waals surface area (Å²) in [6, 6.07) is 8.25. The first kappa shape index (κ1) is 12.5.